The molecule has 0 amide bonds. The summed E-state index contributed by atoms with van der Waals surface area (Å²) >= 11 is 0. The maximum atomic E-state index is 6.56. The first kappa shape index (κ1) is 31.5. The third-order valence-electron chi connectivity index (χ3n) is 11.1. The average Bonchev–Trinajstić information content (AvgIpc) is 3.95. The van der Waals surface area contributed by atoms with Crippen LogP contribution >= 0.6 is 0 Å². The van der Waals surface area contributed by atoms with E-state index in [9.17, 15) is 0 Å². The van der Waals surface area contributed by atoms with Crippen LogP contribution in [0.1, 0.15) is 0 Å². The van der Waals surface area contributed by atoms with Crippen LogP contribution in [0.3, 0.4) is 0 Å². The van der Waals surface area contributed by atoms with Crippen LogP contribution in [0.25, 0.3) is 117 Å². The van der Waals surface area contributed by atoms with Crippen LogP contribution in [0.15, 0.2) is 191 Å². The molecule has 0 fully saturated rings. The molecule has 12 aromatic rings. The van der Waals surface area contributed by atoms with Crippen LogP contribution in [0.2, 0.25) is 0 Å². The van der Waals surface area contributed by atoms with Crippen molar-refractivity contribution in [2.45, 2.75) is 0 Å². The number of hydrogen-bond donors (Lipinski definition) is 0. The summed E-state index contributed by atoms with van der Waals surface area (Å²) in [6.07, 6.45) is 0. The first-order valence-corrected chi connectivity index (χ1v) is 19.0. The van der Waals surface area contributed by atoms with Gasteiger partial charge in [0.15, 0.2) is 17.5 Å². The fourth-order valence-electron chi connectivity index (χ4n) is 8.41. The van der Waals surface area contributed by atoms with Gasteiger partial charge in [0.05, 0.1) is 11.0 Å². The second-order valence-electron chi connectivity index (χ2n) is 14.4. The van der Waals surface area contributed by atoms with Gasteiger partial charge in [0, 0.05) is 54.7 Å². The van der Waals surface area contributed by atoms with E-state index in [4.69, 9.17) is 23.8 Å². The Kier molecular flexibility index (Phi) is 6.83. The van der Waals surface area contributed by atoms with E-state index in [0.717, 1.165) is 77.3 Å². The van der Waals surface area contributed by atoms with Crippen LogP contribution in [0, 0.1) is 0 Å². The lowest BCUT2D eigenvalue weighted by molar-refractivity contribution is 0.668. The molecule has 6 heteroatoms. The zero-order valence-corrected chi connectivity index (χ0v) is 30.4. The van der Waals surface area contributed by atoms with Crippen molar-refractivity contribution < 1.29 is 8.83 Å². The zero-order chi connectivity index (χ0) is 37.5. The number of aromatic nitrogens is 4. The van der Waals surface area contributed by atoms with Crippen LogP contribution < -0.4 is 0 Å². The summed E-state index contributed by atoms with van der Waals surface area (Å²) in [4.78, 5) is 15.2. The summed E-state index contributed by atoms with van der Waals surface area (Å²) in [7, 11) is 0. The number of fused-ring (bicyclic) bond motifs is 9. The molecule has 0 atom stereocenters. The Balaban J connectivity index is 1.00. The predicted octanol–water partition coefficient (Wildman–Crippen LogP) is 13.4. The van der Waals surface area contributed by atoms with Gasteiger partial charge < -0.3 is 13.4 Å². The van der Waals surface area contributed by atoms with Gasteiger partial charge in [0.1, 0.15) is 22.3 Å². The first-order chi connectivity index (χ1) is 28.2. The second kappa shape index (κ2) is 12.3. The fourth-order valence-corrected chi connectivity index (χ4v) is 8.41. The topological polar surface area (TPSA) is 69.9 Å². The van der Waals surface area contributed by atoms with Crippen molar-refractivity contribution >= 4 is 65.7 Å². The molecule has 0 saturated carbocycles. The highest BCUT2D eigenvalue weighted by Crippen LogP contribution is 2.39. The standard InChI is InChI=1S/C51H30N4O2/c1-3-12-31(13-4-1)33-23-26-43-40(28-33)36-16-7-9-19-42(36)55(43)35-24-27-45-41(30-35)37-25-22-34(29-47(37)57-45)50-52-49(32-14-5-2-6-15-32)53-51(54-50)39-18-11-21-46-48(39)38-17-8-10-20-44(38)56-46/h1-30H. The van der Waals surface area contributed by atoms with Gasteiger partial charge in [-0.25, -0.2) is 15.0 Å². The highest BCUT2D eigenvalue weighted by Gasteiger charge is 2.20. The van der Waals surface area contributed by atoms with Gasteiger partial charge in [-0.3, -0.25) is 0 Å². The number of nitrogens with zero attached hydrogens (tertiary/aromatic N) is 4. The maximum Gasteiger partial charge on any atom is 0.164 e. The van der Waals surface area contributed by atoms with E-state index in [-0.39, 0.29) is 0 Å². The Morgan fingerprint density at radius 1 is 0.333 bits per heavy atom. The molecule has 0 saturated heterocycles. The van der Waals surface area contributed by atoms with Crippen LogP contribution in [-0.4, -0.2) is 19.5 Å². The SMILES string of the molecule is c1ccc(-c2ccc3c(c2)c2ccccc2n3-c2ccc3oc4cc(-c5nc(-c6ccccc6)nc(-c6cccc7oc8ccccc8c67)n5)ccc4c3c2)cc1. The van der Waals surface area contributed by atoms with E-state index in [0.29, 0.717) is 17.5 Å². The number of furan rings is 2. The highest BCUT2D eigenvalue weighted by atomic mass is 16.3. The molecule has 8 aromatic carbocycles. The minimum Gasteiger partial charge on any atom is -0.456 e. The normalized spacial score (nSPS) is 11.9. The second-order valence-corrected chi connectivity index (χ2v) is 14.4. The minimum atomic E-state index is 0.562. The molecule has 0 bridgehead atoms. The van der Waals surface area contributed by atoms with Crippen molar-refractivity contribution in [2.24, 2.45) is 0 Å². The smallest absolute Gasteiger partial charge is 0.164 e. The summed E-state index contributed by atoms with van der Waals surface area (Å²) in [5.41, 5.74) is 11.6. The molecule has 0 aliphatic heterocycles. The minimum absolute atomic E-state index is 0.562. The quantitative estimate of drug-likeness (QED) is 0.176. The van der Waals surface area contributed by atoms with E-state index >= 15 is 0 Å². The van der Waals surface area contributed by atoms with E-state index in [2.05, 4.69) is 120 Å². The molecule has 57 heavy (non-hydrogen) atoms. The lowest BCUT2D eigenvalue weighted by Gasteiger charge is -2.09. The zero-order valence-electron chi connectivity index (χ0n) is 30.4. The van der Waals surface area contributed by atoms with Crippen molar-refractivity contribution in [1.29, 1.82) is 0 Å². The van der Waals surface area contributed by atoms with Crippen LogP contribution in [0.5, 0.6) is 0 Å². The lowest BCUT2D eigenvalue weighted by atomic mass is 10.0. The predicted molar refractivity (Wildman–Crippen MR) is 230 cm³/mol. The molecule has 0 unspecified atom stereocenters. The van der Waals surface area contributed by atoms with Gasteiger partial charge >= 0.3 is 0 Å². The van der Waals surface area contributed by atoms with Crippen molar-refractivity contribution in [2.75, 3.05) is 0 Å². The van der Waals surface area contributed by atoms with Gasteiger partial charge in [-0.05, 0) is 71.8 Å². The molecule has 0 aliphatic rings. The number of rotatable bonds is 5. The molecule has 6 nitrogen and oxygen atoms in total. The largest absolute Gasteiger partial charge is 0.456 e. The molecule has 0 N–H and O–H groups in total. The number of para-hydroxylation sites is 2. The molecular formula is C51H30N4O2. The third kappa shape index (κ3) is 5.01. The lowest BCUT2D eigenvalue weighted by Crippen LogP contribution is -2.00. The molecule has 12 rings (SSSR count). The summed E-state index contributed by atoms with van der Waals surface area (Å²) in [5.74, 6) is 1.73. The summed E-state index contributed by atoms with van der Waals surface area (Å²) in [6, 6.07) is 62.8. The maximum absolute atomic E-state index is 6.56. The molecule has 266 valence electrons. The van der Waals surface area contributed by atoms with Crippen molar-refractivity contribution in [3.8, 4) is 51.0 Å². The molecule has 0 aliphatic carbocycles. The Morgan fingerprint density at radius 2 is 0.982 bits per heavy atom. The Morgan fingerprint density at radius 3 is 1.84 bits per heavy atom. The van der Waals surface area contributed by atoms with Crippen LogP contribution in [0.4, 0.5) is 0 Å². The van der Waals surface area contributed by atoms with Gasteiger partial charge in [-0.2, -0.15) is 0 Å². The van der Waals surface area contributed by atoms with Gasteiger partial charge in [-0.1, -0.05) is 121 Å². The number of hydrogen-bond acceptors (Lipinski definition) is 5. The van der Waals surface area contributed by atoms with Crippen LogP contribution in [-0.2, 0) is 0 Å². The summed E-state index contributed by atoms with van der Waals surface area (Å²) in [5, 5.41) is 6.50. The van der Waals surface area contributed by atoms with Gasteiger partial charge in [-0.15, -0.1) is 0 Å². The fraction of sp³-hybridized carbons (Fsp3) is 0. The average molecular weight is 731 g/mol. The first-order valence-electron chi connectivity index (χ1n) is 19.0. The Hall–Kier alpha value is -7.83. The summed E-state index contributed by atoms with van der Waals surface area (Å²) < 4.78 is 15.1. The highest BCUT2D eigenvalue weighted by molar-refractivity contribution is 6.13. The molecular weight excluding hydrogens is 701 g/mol. The van der Waals surface area contributed by atoms with Crippen molar-refractivity contribution in [3.05, 3.63) is 182 Å². The van der Waals surface area contributed by atoms with Gasteiger partial charge in [0.25, 0.3) is 0 Å². The third-order valence-corrected chi connectivity index (χ3v) is 11.1. The Bertz CT molecular complexity index is 3530. The van der Waals surface area contributed by atoms with Gasteiger partial charge in [0.2, 0.25) is 0 Å². The van der Waals surface area contributed by atoms with Crippen molar-refractivity contribution in [1.82, 2.24) is 19.5 Å². The molecule has 0 spiro atoms. The number of benzene rings is 8. The molecule has 4 heterocycles. The molecule has 4 aromatic heterocycles. The monoisotopic (exact) mass is 730 g/mol. The summed E-state index contributed by atoms with van der Waals surface area (Å²) in [6.45, 7) is 0. The Labute approximate surface area is 325 Å². The van der Waals surface area contributed by atoms with E-state index in [1.807, 2.05) is 66.7 Å². The van der Waals surface area contributed by atoms with E-state index in [1.165, 1.54) is 21.9 Å². The molecule has 0 radical (unpaired) electrons. The van der Waals surface area contributed by atoms with Crippen molar-refractivity contribution in [3.63, 3.8) is 0 Å². The van der Waals surface area contributed by atoms with E-state index in [1.54, 1.807) is 0 Å². The van der Waals surface area contributed by atoms with E-state index < -0.39 is 0 Å².